The summed E-state index contributed by atoms with van der Waals surface area (Å²) in [5.41, 5.74) is 0. The zero-order valence-electron chi connectivity index (χ0n) is 78.8. The zero-order chi connectivity index (χ0) is 91.4. The largest absolute Gasteiger partial charge is 0.472 e. The number of hydrogen-bond donors (Lipinski definition) is 9. The molecule has 0 saturated carbocycles. The Morgan fingerprint density at radius 2 is 0.742 bits per heavy atom. The van der Waals surface area contributed by atoms with E-state index >= 15 is 9.59 Å². The summed E-state index contributed by atoms with van der Waals surface area (Å²) < 4.78 is 85.9. The highest BCUT2D eigenvalue weighted by molar-refractivity contribution is 7.46. The van der Waals surface area contributed by atoms with E-state index in [9.17, 15) is 63.2 Å². The average molecular weight is 1810 g/mol. The summed E-state index contributed by atoms with van der Waals surface area (Å²) in [6, 6.07) is -3.64. The highest BCUT2D eigenvalue weighted by Crippen LogP contribution is 2.43. The fraction of sp³-hybridized carbons (Fsp3) is 0.937. The number of rotatable bonds is 90. The molecule has 0 aliphatic carbocycles. The van der Waals surface area contributed by atoms with Crippen LogP contribution in [0.2, 0.25) is 0 Å². The number of aliphatic hydroxyl groups is 3. The molecule has 1 aliphatic heterocycles. The van der Waals surface area contributed by atoms with Crippen molar-refractivity contribution in [3.63, 3.8) is 0 Å². The summed E-state index contributed by atoms with van der Waals surface area (Å²) in [6.07, 6.45) is 40.5. The quantitative estimate of drug-likeness (QED) is 0.00898. The number of esters is 4. The fourth-order valence-corrected chi connectivity index (χ4v) is 17.1. The molecule has 1 aliphatic rings. The van der Waals surface area contributed by atoms with Crippen molar-refractivity contribution in [3.05, 3.63) is 0 Å². The Morgan fingerprint density at radius 1 is 0.387 bits per heavy atom. The Balaban J connectivity index is 4.12. The first-order chi connectivity index (χ1) is 59.8. The molecule has 0 spiro atoms. The van der Waals surface area contributed by atoms with Crippen molar-refractivity contribution in [2.45, 2.75) is 539 Å². The van der Waals surface area contributed by atoms with Crippen LogP contribution in [-0.2, 0) is 84.8 Å². The van der Waals surface area contributed by atoms with Crippen molar-refractivity contribution >= 4 is 51.3 Å². The lowest BCUT2D eigenvalue weighted by Crippen LogP contribution is -2.66. The lowest BCUT2D eigenvalue weighted by atomic mass is 9.95. The summed E-state index contributed by atoms with van der Waals surface area (Å²) in [5, 5.41) is 38.8. The molecular weight excluding hydrogens is 1630 g/mol. The number of phosphoric acid groups is 2. The Kier molecular flexibility index (Phi) is 77.2. The van der Waals surface area contributed by atoms with Gasteiger partial charge in [-0.2, -0.15) is 0 Å². The number of hydrogen-bond acceptors (Lipinski definition) is 21. The van der Waals surface area contributed by atoms with E-state index in [1.54, 1.807) is 0 Å². The third-order valence-electron chi connectivity index (χ3n) is 23.4. The fourth-order valence-electron chi connectivity index (χ4n) is 16.1. The van der Waals surface area contributed by atoms with Gasteiger partial charge in [0.05, 0.1) is 57.7 Å². The normalized spacial score (nSPS) is 17.4. The molecule has 124 heavy (non-hydrogen) atoms. The maximum Gasteiger partial charge on any atom is 0.472 e. The minimum Gasteiger partial charge on any atom is -0.463 e. The van der Waals surface area contributed by atoms with Crippen LogP contribution in [-0.4, -0.2) is 178 Å². The molecule has 1 rings (SSSR count). The van der Waals surface area contributed by atoms with Gasteiger partial charge in [-0.1, -0.05) is 375 Å². The molecule has 0 aromatic rings. The Labute approximate surface area is 750 Å². The Morgan fingerprint density at radius 3 is 1.10 bits per heavy atom. The van der Waals surface area contributed by atoms with Crippen molar-refractivity contribution in [1.29, 1.82) is 0 Å². The molecule has 1 heterocycles. The summed E-state index contributed by atoms with van der Waals surface area (Å²) in [5.74, 6) is -4.69. The molecule has 0 unspecified atom stereocenters. The van der Waals surface area contributed by atoms with Crippen molar-refractivity contribution in [2.24, 2.45) is 0 Å². The zero-order valence-corrected chi connectivity index (χ0v) is 80.6. The number of methoxy groups -OCH3 is 1. The molecule has 9 N–H and O–H groups in total. The minimum atomic E-state index is -5.68. The van der Waals surface area contributed by atoms with Crippen molar-refractivity contribution in [1.82, 2.24) is 10.6 Å². The molecule has 0 aromatic heterocycles. The van der Waals surface area contributed by atoms with Gasteiger partial charge in [0.25, 0.3) is 0 Å². The molecule has 0 bridgehead atoms. The first-order valence-electron chi connectivity index (χ1n) is 50.0. The second-order valence-electron chi connectivity index (χ2n) is 35.4. The van der Waals surface area contributed by atoms with Crippen LogP contribution >= 0.6 is 15.6 Å². The first kappa shape index (κ1) is 119. The Bertz CT molecular complexity index is 2660. The summed E-state index contributed by atoms with van der Waals surface area (Å²) in [7, 11) is -10.1. The van der Waals surface area contributed by atoms with Gasteiger partial charge in [-0.15, -0.1) is 0 Å². The number of ether oxygens (including phenoxy) is 8. The van der Waals surface area contributed by atoms with Crippen LogP contribution in [0.15, 0.2) is 0 Å². The van der Waals surface area contributed by atoms with Crippen LogP contribution in [0, 0.1) is 0 Å². The monoisotopic (exact) mass is 1810 g/mol. The van der Waals surface area contributed by atoms with E-state index in [4.69, 9.17) is 46.9 Å². The van der Waals surface area contributed by atoms with E-state index < -0.39 is 177 Å². The van der Waals surface area contributed by atoms with Gasteiger partial charge >= 0.3 is 39.5 Å². The number of carbonyl (C=O) groups excluding carboxylic acids is 6. The number of amides is 2. The first-order valence-corrected chi connectivity index (χ1v) is 53.1. The maximum absolute atomic E-state index is 15.2. The van der Waals surface area contributed by atoms with Crippen LogP contribution in [0.5, 0.6) is 0 Å². The van der Waals surface area contributed by atoms with Gasteiger partial charge in [-0.25, -0.2) is 9.13 Å². The van der Waals surface area contributed by atoms with E-state index in [1.807, 2.05) is 0 Å². The van der Waals surface area contributed by atoms with Crippen LogP contribution in [0.1, 0.15) is 465 Å². The van der Waals surface area contributed by atoms with Crippen molar-refractivity contribution in [3.8, 4) is 0 Å². The van der Waals surface area contributed by atoms with Gasteiger partial charge in [0.2, 0.25) is 11.8 Å². The standard InChI is InChI=1S/C95H182N2O25P2/c1-8-14-20-26-32-38-39-45-51-57-63-69-88(104)117-81(67-61-55-49-43-36-30-24-18-12-5)73-90(106)120-93-91(97-86(102)72-80(66-60-54-48-42-35-29-23-17-11-4)116-87(103)68-62-56-50-44-37-31-25-19-13-6)95(119-84(77-113-7)92(93)121-123(107,108)109)115-75-82(74-98)118-94(122-124(110,111)112)83(96-85(101)70-78(99)64-58-52-46-40-33-27-21-15-9-2)76-114-89(105)71-79(100)65-59-53-47-41-34-28-22-16-10-3/h78-84,91-95,98-100H,8-77H2,1-7H3,(H,96,101)(H,97,102)(H2,107,108,109)(H2,110,111,112)/t78-,79-,80-,81-,82+,83-,84-,91-,92-,93-,94-,95-/m1/s1. The second-order valence-corrected chi connectivity index (χ2v) is 37.8. The van der Waals surface area contributed by atoms with Crippen molar-refractivity contribution in [2.75, 3.05) is 33.5 Å². The summed E-state index contributed by atoms with van der Waals surface area (Å²) in [4.78, 5) is 128. The number of aliphatic hydroxyl groups excluding tert-OH is 3. The highest BCUT2D eigenvalue weighted by atomic mass is 31.2. The van der Waals surface area contributed by atoms with Gasteiger partial charge < -0.3 is 83.4 Å². The summed E-state index contributed by atoms with van der Waals surface area (Å²) >= 11 is 0. The van der Waals surface area contributed by atoms with Crippen LogP contribution in [0.25, 0.3) is 0 Å². The van der Waals surface area contributed by atoms with Gasteiger partial charge in [-0.3, -0.25) is 37.8 Å². The SMILES string of the molecule is CCCCCCCCCCCCCC(=O)O[C@H](CCCCCCCCCCC)CC(=O)O[C@@H]1[C@@H](NC(=O)C[C@@H](CCCCCCCCCCC)OC(=O)CCCCCCCCCCC)[C@H](OC[C@H](CO)O[C@H](OP(=O)(O)O)[C@@H](COC(=O)C[C@H](O)CCCCCCCCCCC)NC(=O)C[C@H](O)CCCCCCCCCCC)O[C@H](COC)[C@H]1OP(=O)(O)O. The highest BCUT2D eigenvalue weighted by Gasteiger charge is 2.53. The van der Waals surface area contributed by atoms with Gasteiger partial charge in [0.15, 0.2) is 18.7 Å². The molecule has 29 heteroatoms. The molecule has 0 radical (unpaired) electrons. The predicted octanol–water partition coefficient (Wildman–Crippen LogP) is 21.5. The summed E-state index contributed by atoms with van der Waals surface area (Å²) in [6.45, 7) is 9.70. The van der Waals surface area contributed by atoms with E-state index in [0.29, 0.717) is 38.5 Å². The molecule has 1 saturated heterocycles. The number of nitrogens with one attached hydrogen (secondary N) is 2. The van der Waals surface area contributed by atoms with E-state index in [0.717, 1.165) is 231 Å². The second kappa shape index (κ2) is 80.6. The Hall–Kier alpha value is -3.24. The number of phosphoric ester groups is 2. The van der Waals surface area contributed by atoms with Gasteiger partial charge in [0.1, 0.15) is 49.2 Å². The maximum atomic E-state index is 15.2. The van der Waals surface area contributed by atoms with Gasteiger partial charge in [0, 0.05) is 20.0 Å². The molecular formula is C95H182N2O25P2. The number of unbranched alkanes of at least 4 members (excludes halogenated alkanes) is 50. The average Bonchev–Trinajstić information content (AvgIpc) is 0.777. The molecule has 2 amide bonds. The van der Waals surface area contributed by atoms with Crippen LogP contribution in [0.4, 0.5) is 0 Å². The number of carbonyl (C=O) groups is 6. The van der Waals surface area contributed by atoms with E-state index in [1.165, 1.54) is 97.0 Å². The molecule has 1 fully saturated rings. The van der Waals surface area contributed by atoms with Crippen molar-refractivity contribution < 1.29 is 120 Å². The third-order valence-corrected chi connectivity index (χ3v) is 24.4. The topological polar surface area (TPSA) is 395 Å². The lowest BCUT2D eigenvalue weighted by molar-refractivity contribution is -0.282. The molecule has 12 atom stereocenters. The molecule has 732 valence electrons. The lowest BCUT2D eigenvalue weighted by Gasteiger charge is -2.45. The molecule has 0 aromatic carbocycles. The smallest absolute Gasteiger partial charge is 0.463 e. The van der Waals surface area contributed by atoms with Crippen LogP contribution in [0.3, 0.4) is 0 Å². The molecule has 27 nitrogen and oxygen atoms in total. The van der Waals surface area contributed by atoms with Crippen LogP contribution < -0.4 is 10.6 Å². The minimum absolute atomic E-state index is 0.0978. The predicted molar refractivity (Wildman–Crippen MR) is 488 cm³/mol. The van der Waals surface area contributed by atoms with E-state index in [-0.39, 0.29) is 38.5 Å². The third kappa shape index (κ3) is 69.7. The van der Waals surface area contributed by atoms with Gasteiger partial charge in [-0.05, 0) is 51.4 Å². The van der Waals surface area contributed by atoms with E-state index in [2.05, 4.69) is 52.2 Å².